The quantitative estimate of drug-likeness (QED) is 0.472. The molecule has 1 N–H and O–H groups in total. The van der Waals surface area contributed by atoms with Crippen molar-refractivity contribution in [3.8, 4) is 0 Å². The third-order valence-electron chi connectivity index (χ3n) is 2.34. The van der Waals surface area contributed by atoms with Gasteiger partial charge < -0.3 is 9.80 Å². The van der Waals surface area contributed by atoms with Crippen LogP contribution in [0.25, 0.3) is 0 Å². The van der Waals surface area contributed by atoms with E-state index in [1.807, 2.05) is 18.7 Å². The number of piperazine rings is 1. The monoisotopic (exact) mass is 183 g/mol. The topological polar surface area (TPSA) is 47.4 Å². The Balaban J connectivity index is 2.55. The summed E-state index contributed by atoms with van der Waals surface area (Å²) >= 11 is 0. The molecule has 0 aromatic rings. The van der Waals surface area contributed by atoms with Crippen molar-refractivity contribution in [1.29, 1.82) is 5.41 Å². The largest absolute Gasteiger partial charge is 0.349 e. The number of amidine groups is 1. The smallest absolute Gasteiger partial charge is 0.241 e. The Morgan fingerprint density at radius 2 is 2.08 bits per heavy atom. The van der Waals surface area contributed by atoms with Crippen LogP contribution in [0.5, 0.6) is 0 Å². The maximum atomic E-state index is 11.3. The Morgan fingerprint density at radius 3 is 2.54 bits per heavy atom. The van der Waals surface area contributed by atoms with Gasteiger partial charge >= 0.3 is 0 Å². The molecule has 0 spiro atoms. The van der Waals surface area contributed by atoms with E-state index in [2.05, 4.69) is 0 Å². The molecule has 0 radical (unpaired) electrons. The highest BCUT2D eigenvalue weighted by Gasteiger charge is 2.23. The number of carbonyl (C=O) groups is 1. The van der Waals surface area contributed by atoms with Gasteiger partial charge in [0.1, 0.15) is 0 Å². The number of nitrogens with one attached hydrogen (secondary N) is 1. The summed E-state index contributed by atoms with van der Waals surface area (Å²) in [7, 11) is 1.80. The van der Waals surface area contributed by atoms with Crippen LogP contribution in [-0.2, 0) is 4.79 Å². The van der Waals surface area contributed by atoms with Crippen LogP contribution in [0.2, 0.25) is 0 Å². The van der Waals surface area contributed by atoms with Gasteiger partial charge in [-0.3, -0.25) is 10.2 Å². The van der Waals surface area contributed by atoms with Crippen LogP contribution >= 0.6 is 0 Å². The van der Waals surface area contributed by atoms with Gasteiger partial charge in [-0.05, 0) is 0 Å². The third kappa shape index (κ3) is 2.20. The van der Waals surface area contributed by atoms with Crippen molar-refractivity contribution in [3.05, 3.63) is 0 Å². The molecule has 1 aliphatic heterocycles. The first-order chi connectivity index (χ1) is 6.02. The number of rotatable bonds is 1. The highest BCUT2D eigenvalue weighted by molar-refractivity contribution is 5.88. The molecule has 1 saturated heterocycles. The van der Waals surface area contributed by atoms with Crippen molar-refractivity contribution >= 4 is 11.7 Å². The van der Waals surface area contributed by atoms with Crippen LogP contribution in [0.1, 0.15) is 13.8 Å². The van der Waals surface area contributed by atoms with Gasteiger partial charge in [0.2, 0.25) is 5.91 Å². The molecule has 0 aromatic carbocycles. The van der Waals surface area contributed by atoms with Crippen LogP contribution in [0.4, 0.5) is 0 Å². The van der Waals surface area contributed by atoms with Crippen molar-refractivity contribution in [2.75, 3.05) is 26.7 Å². The first-order valence-electron chi connectivity index (χ1n) is 4.59. The van der Waals surface area contributed by atoms with Crippen LogP contribution in [0, 0.1) is 11.3 Å². The van der Waals surface area contributed by atoms with E-state index in [0.29, 0.717) is 12.4 Å². The molecule has 0 unspecified atom stereocenters. The summed E-state index contributed by atoms with van der Waals surface area (Å²) in [6, 6.07) is 0. The summed E-state index contributed by atoms with van der Waals surface area (Å²) in [6.45, 7) is 5.84. The predicted molar refractivity (Wildman–Crippen MR) is 51.8 cm³/mol. The van der Waals surface area contributed by atoms with Crippen molar-refractivity contribution in [2.45, 2.75) is 13.8 Å². The normalized spacial score (nSPS) is 18.3. The second-order valence-corrected chi connectivity index (χ2v) is 3.78. The number of hydrogen-bond donors (Lipinski definition) is 1. The maximum absolute atomic E-state index is 11.3. The molecular weight excluding hydrogens is 166 g/mol. The van der Waals surface area contributed by atoms with E-state index in [1.165, 1.54) is 0 Å². The number of likely N-dealkylation sites (N-methyl/N-ethyl adjacent to an activating group) is 1. The minimum Gasteiger partial charge on any atom is -0.349 e. The van der Waals surface area contributed by atoms with E-state index in [0.717, 1.165) is 13.1 Å². The average Bonchev–Trinajstić information content (AvgIpc) is 2.08. The molecule has 4 nitrogen and oxygen atoms in total. The van der Waals surface area contributed by atoms with E-state index in [4.69, 9.17) is 5.41 Å². The summed E-state index contributed by atoms with van der Waals surface area (Å²) in [4.78, 5) is 14.9. The molecule has 0 aliphatic carbocycles. The molecular formula is C9H17N3O. The SMILES string of the molecule is CC(C)C(=N)N1CCN(C)C(=O)C1. The van der Waals surface area contributed by atoms with E-state index >= 15 is 0 Å². The van der Waals surface area contributed by atoms with Crippen LogP contribution < -0.4 is 0 Å². The molecule has 0 bridgehead atoms. The van der Waals surface area contributed by atoms with Gasteiger partial charge in [-0.15, -0.1) is 0 Å². The van der Waals surface area contributed by atoms with E-state index in [9.17, 15) is 4.79 Å². The number of carbonyl (C=O) groups excluding carboxylic acids is 1. The standard InChI is InChI=1S/C9H17N3O/c1-7(2)9(10)12-5-4-11(3)8(13)6-12/h7,10H,4-6H2,1-3H3. The Hall–Kier alpha value is -1.06. The molecule has 0 atom stereocenters. The molecule has 74 valence electrons. The fraction of sp³-hybridized carbons (Fsp3) is 0.778. The highest BCUT2D eigenvalue weighted by atomic mass is 16.2. The molecule has 1 rings (SSSR count). The number of nitrogens with zero attached hydrogens (tertiary/aromatic N) is 2. The Labute approximate surface area is 79.0 Å². The third-order valence-corrected chi connectivity index (χ3v) is 2.34. The number of amides is 1. The molecule has 0 saturated carbocycles. The Morgan fingerprint density at radius 1 is 1.46 bits per heavy atom. The van der Waals surface area contributed by atoms with E-state index < -0.39 is 0 Å². The molecule has 1 fully saturated rings. The predicted octanol–water partition coefficient (Wildman–Crippen LogP) is 0.394. The number of hydrogen-bond acceptors (Lipinski definition) is 2. The van der Waals surface area contributed by atoms with Crippen LogP contribution in [0.3, 0.4) is 0 Å². The Kier molecular flexibility index (Phi) is 2.90. The van der Waals surface area contributed by atoms with Gasteiger partial charge in [-0.1, -0.05) is 13.8 Å². The summed E-state index contributed by atoms with van der Waals surface area (Å²) in [5, 5.41) is 7.75. The van der Waals surface area contributed by atoms with Gasteiger partial charge in [0.15, 0.2) is 0 Å². The van der Waals surface area contributed by atoms with Gasteiger partial charge in [0, 0.05) is 26.1 Å². The highest BCUT2D eigenvalue weighted by Crippen LogP contribution is 2.06. The van der Waals surface area contributed by atoms with E-state index in [-0.39, 0.29) is 11.8 Å². The van der Waals surface area contributed by atoms with E-state index in [1.54, 1.807) is 11.9 Å². The Bertz CT molecular complexity index is 225. The molecule has 1 heterocycles. The summed E-state index contributed by atoms with van der Waals surface area (Å²) in [5.41, 5.74) is 0. The second-order valence-electron chi connectivity index (χ2n) is 3.78. The zero-order valence-corrected chi connectivity index (χ0v) is 8.50. The second kappa shape index (κ2) is 3.77. The molecule has 0 aromatic heterocycles. The fourth-order valence-electron chi connectivity index (χ4n) is 1.33. The average molecular weight is 183 g/mol. The lowest BCUT2D eigenvalue weighted by Crippen LogP contribution is -2.51. The van der Waals surface area contributed by atoms with Crippen molar-refractivity contribution in [1.82, 2.24) is 9.80 Å². The first-order valence-corrected chi connectivity index (χ1v) is 4.59. The zero-order chi connectivity index (χ0) is 10.0. The lowest BCUT2D eigenvalue weighted by atomic mass is 10.1. The minimum absolute atomic E-state index is 0.108. The van der Waals surface area contributed by atoms with Gasteiger partial charge in [0.05, 0.1) is 12.4 Å². The van der Waals surface area contributed by atoms with Gasteiger partial charge in [-0.2, -0.15) is 0 Å². The van der Waals surface area contributed by atoms with Crippen molar-refractivity contribution < 1.29 is 4.79 Å². The lowest BCUT2D eigenvalue weighted by molar-refractivity contribution is -0.132. The molecule has 4 heteroatoms. The fourth-order valence-corrected chi connectivity index (χ4v) is 1.33. The van der Waals surface area contributed by atoms with Gasteiger partial charge in [0.25, 0.3) is 0 Å². The van der Waals surface area contributed by atoms with Crippen molar-refractivity contribution in [2.24, 2.45) is 5.92 Å². The molecule has 13 heavy (non-hydrogen) atoms. The van der Waals surface area contributed by atoms with Crippen LogP contribution in [0.15, 0.2) is 0 Å². The lowest BCUT2D eigenvalue weighted by Gasteiger charge is -2.34. The minimum atomic E-state index is 0.108. The summed E-state index contributed by atoms with van der Waals surface area (Å²) < 4.78 is 0. The summed E-state index contributed by atoms with van der Waals surface area (Å²) in [5.74, 6) is 0.884. The summed E-state index contributed by atoms with van der Waals surface area (Å²) in [6.07, 6.45) is 0. The van der Waals surface area contributed by atoms with Gasteiger partial charge in [-0.25, -0.2) is 0 Å². The maximum Gasteiger partial charge on any atom is 0.241 e. The molecule has 1 aliphatic rings. The molecule has 1 amide bonds. The zero-order valence-electron chi connectivity index (χ0n) is 8.50. The van der Waals surface area contributed by atoms with Crippen LogP contribution in [-0.4, -0.2) is 48.2 Å². The first kappa shape index (κ1) is 10.0. The van der Waals surface area contributed by atoms with Crippen molar-refractivity contribution in [3.63, 3.8) is 0 Å².